The Morgan fingerprint density at radius 2 is 2.20 bits per heavy atom. The van der Waals surface area contributed by atoms with Crippen LogP contribution in [0.5, 0.6) is 0 Å². The SMILES string of the molecule is Cc1ccccc1[C@@H](C)NC(=O)c1cn(CCN)nn1. The molecule has 0 aliphatic heterocycles. The molecule has 0 bridgehead atoms. The molecule has 0 radical (unpaired) electrons. The molecule has 1 amide bonds. The van der Waals surface area contributed by atoms with Crippen molar-refractivity contribution in [2.45, 2.75) is 26.4 Å². The van der Waals surface area contributed by atoms with E-state index in [0.717, 1.165) is 11.1 Å². The average Bonchev–Trinajstić information content (AvgIpc) is 2.88. The Kier molecular flexibility index (Phi) is 4.47. The first kappa shape index (κ1) is 14.2. The molecule has 0 fully saturated rings. The highest BCUT2D eigenvalue weighted by molar-refractivity contribution is 5.92. The standard InChI is InChI=1S/C14H19N5O/c1-10-5-3-4-6-12(10)11(2)16-14(20)13-9-19(8-7-15)18-17-13/h3-6,9,11H,7-8,15H2,1-2H3,(H,16,20)/t11-/m1/s1. The van der Waals surface area contributed by atoms with Crippen LogP contribution in [0.15, 0.2) is 30.5 Å². The van der Waals surface area contributed by atoms with Crippen LogP contribution < -0.4 is 11.1 Å². The zero-order valence-corrected chi connectivity index (χ0v) is 11.7. The topological polar surface area (TPSA) is 85.8 Å². The van der Waals surface area contributed by atoms with Gasteiger partial charge in [0.05, 0.1) is 18.8 Å². The highest BCUT2D eigenvalue weighted by atomic mass is 16.2. The summed E-state index contributed by atoms with van der Waals surface area (Å²) in [6.45, 7) is 4.98. The second-order valence-corrected chi connectivity index (χ2v) is 4.71. The highest BCUT2D eigenvalue weighted by Gasteiger charge is 2.15. The van der Waals surface area contributed by atoms with Crippen molar-refractivity contribution in [1.82, 2.24) is 20.3 Å². The molecule has 1 heterocycles. The number of carbonyl (C=O) groups is 1. The Morgan fingerprint density at radius 1 is 1.45 bits per heavy atom. The minimum atomic E-state index is -0.232. The number of hydrogen-bond donors (Lipinski definition) is 2. The van der Waals surface area contributed by atoms with Crippen LogP contribution in [-0.4, -0.2) is 27.4 Å². The number of benzene rings is 1. The maximum atomic E-state index is 12.1. The summed E-state index contributed by atoms with van der Waals surface area (Å²) in [6.07, 6.45) is 1.60. The Balaban J connectivity index is 2.05. The normalized spacial score (nSPS) is 12.2. The largest absolute Gasteiger partial charge is 0.344 e. The van der Waals surface area contributed by atoms with E-state index in [1.165, 1.54) is 0 Å². The van der Waals surface area contributed by atoms with Crippen LogP contribution in [0.25, 0.3) is 0 Å². The number of amides is 1. The van der Waals surface area contributed by atoms with Gasteiger partial charge >= 0.3 is 0 Å². The number of nitrogens with two attached hydrogens (primary N) is 1. The molecule has 3 N–H and O–H groups in total. The van der Waals surface area contributed by atoms with Gasteiger partial charge in [-0.05, 0) is 25.0 Å². The summed E-state index contributed by atoms with van der Waals surface area (Å²) in [5.41, 5.74) is 7.97. The minimum Gasteiger partial charge on any atom is -0.344 e. The molecule has 106 valence electrons. The minimum absolute atomic E-state index is 0.0802. The van der Waals surface area contributed by atoms with Gasteiger partial charge in [0.1, 0.15) is 0 Å². The second kappa shape index (κ2) is 6.29. The lowest BCUT2D eigenvalue weighted by Crippen LogP contribution is -2.27. The van der Waals surface area contributed by atoms with E-state index in [-0.39, 0.29) is 11.9 Å². The smallest absolute Gasteiger partial charge is 0.273 e. The van der Waals surface area contributed by atoms with Crippen molar-refractivity contribution < 1.29 is 4.79 Å². The predicted octanol–water partition coefficient (Wildman–Crippen LogP) is 1.04. The number of nitrogens with zero attached hydrogens (tertiary/aromatic N) is 3. The number of hydrogen-bond acceptors (Lipinski definition) is 4. The molecule has 20 heavy (non-hydrogen) atoms. The third kappa shape index (κ3) is 3.21. The number of nitrogens with one attached hydrogen (secondary N) is 1. The maximum Gasteiger partial charge on any atom is 0.273 e. The molecule has 0 saturated heterocycles. The molecule has 6 nitrogen and oxygen atoms in total. The Labute approximate surface area is 118 Å². The van der Waals surface area contributed by atoms with Crippen molar-refractivity contribution in [3.63, 3.8) is 0 Å². The quantitative estimate of drug-likeness (QED) is 0.852. The van der Waals surface area contributed by atoms with Crippen molar-refractivity contribution in [1.29, 1.82) is 0 Å². The molecule has 0 aliphatic rings. The van der Waals surface area contributed by atoms with Crippen LogP contribution >= 0.6 is 0 Å². The van der Waals surface area contributed by atoms with Gasteiger partial charge in [0, 0.05) is 6.54 Å². The molecular weight excluding hydrogens is 254 g/mol. The van der Waals surface area contributed by atoms with Gasteiger partial charge in [-0.2, -0.15) is 0 Å². The summed E-state index contributed by atoms with van der Waals surface area (Å²) in [7, 11) is 0. The lowest BCUT2D eigenvalue weighted by Gasteiger charge is -2.15. The van der Waals surface area contributed by atoms with Crippen molar-refractivity contribution in [2.24, 2.45) is 5.73 Å². The van der Waals surface area contributed by atoms with Gasteiger partial charge in [0.2, 0.25) is 0 Å². The van der Waals surface area contributed by atoms with E-state index in [4.69, 9.17) is 5.73 Å². The van der Waals surface area contributed by atoms with Gasteiger partial charge < -0.3 is 11.1 Å². The van der Waals surface area contributed by atoms with Crippen LogP contribution in [0.2, 0.25) is 0 Å². The molecule has 6 heteroatoms. The third-order valence-electron chi connectivity index (χ3n) is 3.13. The molecule has 0 unspecified atom stereocenters. The summed E-state index contributed by atoms with van der Waals surface area (Å²) in [6, 6.07) is 7.89. The van der Waals surface area contributed by atoms with Gasteiger partial charge in [-0.1, -0.05) is 29.5 Å². The number of rotatable bonds is 5. The molecule has 2 rings (SSSR count). The summed E-state index contributed by atoms with van der Waals surface area (Å²) < 4.78 is 1.56. The zero-order valence-electron chi connectivity index (χ0n) is 11.7. The number of carbonyl (C=O) groups excluding carboxylic acids is 1. The van der Waals surface area contributed by atoms with E-state index in [0.29, 0.717) is 18.8 Å². The fourth-order valence-corrected chi connectivity index (χ4v) is 2.06. The third-order valence-corrected chi connectivity index (χ3v) is 3.13. The first-order valence-corrected chi connectivity index (χ1v) is 6.58. The predicted molar refractivity (Wildman–Crippen MR) is 76.1 cm³/mol. The van der Waals surface area contributed by atoms with Gasteiger partial charge in [-0.3, -0.25) is 9.48 Å². The Bertz CT molecular complexity index is 593. The van der Waals surface area contributed by atoms with Crippen LogP contribution in [0.4, 0.5) is 0 Å². The first-order valence-electron chi connectivity index (χ1n) is 6.58. The summed E-state index contributed by atoms with van der Waals surface area (Å²) in [5, 5.41) is 10.6. The number of aromatic nitrogens is 3. The fraction of sp³-hybridized carbons (Fsp3) is 0.357. The van der Waals surface area contributed by atoms with E-state index in [9.17, 15) is 4.79 Å². The molecule has 0 saturated carbocycles. The van der Waals surface area contributed by atoms with Crippen LogP contribution in [0.3, 0.4) is 0 Å². The molecule has 1 aromatic heterocycles. The van der Waals surface area contributed by atoms with E-state index in [1.807, 2.05) is 38.1 Å². The summed E-state index contributed by atoms with van der Waals surface area (Å²) >= 11 is 0. The van der Waals surface area contributed by atoms with Crippen molar-refractivity contribution in [2.75, 3.05) is 6.54 Å². The molecule has 0 spiro atoms. The molecule has 2 aromatic rings. The van der Waals surface area contributed by atoms with E-state index in [1.54, 1.807) is 10.9 Å². The second-order valence-electron chi connectivity index (χ2n) is 4.71. The van der Waals surface area contributed by atoms with Crippen LogP contribution in [0.1, 0.15) is 34.6 Å². The van der Waals surface area contributed by atoms with Gasteiger partial charge in [-0.15, -0.1) is 5.10 Å². The summed E-state index contributed by atoms with van der Waals surface area (Å²) in [4.78, 5) is 12.1. The van der Waals surface area contributed by atoms with Gasteiger partial charge in [0.15, 0.2) is 5.69 Å². The van der Waals surface area contributed by atoms with Crippen molar-refractivity contribution >= 4 is 5.91 Å². The maximum absolute atomic E-state index is 12.1. The number of aryl methyl sites for hydroxylation is 1. The van der Waals surface area contributed by atoms with Crippen molar-refractivity contribution in [3.8, 4) is 0 Å². The molecule has 0 aliphatic carbocycles. The van der Waals surface area contributed by atoms with Crippen LogP contribution in [0, 0.1) is 6.92 Å². The Hall–Kier alpha value is -2.21. The Morgan fingerprint density at radius 3 is 2.90 bits per heavy atom. The lowest BCUT2D eigenvalue weighted by molar-refractivity contribution is 0.0934. The molecule has 1 aromatic carbocycles. The lowest BCUT2D eigenvalue weighted by atomic mass is 10.0. The average molecular weight is 273 g/mol. The summed E-state index contributed by atoms with van der Waals surface area (Å²) in [5.74, 6) is -0.232. The first-order chi connectivity index (χ1) is 9.61. The van der Waals surface area contributed by atoms with Crippen LogP contribution in [-0.2, 0) is 6.54 Å². The molecular formula is C14H19N5O. The zero-order chi connectivity index (χ0) is 14.5. The van der Waals surface area contributed by atoms with Gasteiger partial charge in [-0.25, -0.2) is 0 Å². The van der Waals surface area contributed by atoms with Crippen molar-refractivity contribution in [3.05, 3.63) is 47.3 Å². The molecule has 1 atom stereocenters. The fourth-order valence-electron chi connectivity index (χ4n) is 2.06. The van der Waals surface area contributed by atoms with E-state index in [2.05, 4.69) is 15.6 Å². The highest BCUT2D eigenvalue weighted by Crippen LogP contribution is 2.16. The van der Waals surface area contributed by atoms with E-state index < -0.39 is 0 Å². The van der Waals surface area contributed by atoms with Gasteiger partial charge in [0.25, 0.3) is 5.91 Å². The monoisotopic (exact) mass is 273 g/mol. The van der Waals surface area contributed by atoms with E-state index >= 15 is 0 Å².